The van der Waals surface area contributed by atoms with Crippen LogP contribution in [0.5, 0.6) is 0 Å². The van der Waals surface area contributed by atoms with Gasteiger partial charge in [-0.2, -0.15) is 4.31 Å². The maximum absolute atomic E-state index is 13.0. The van der Waals surface area contributed by atoms with Gasteiger partial charge in [0.05, 0.1) is 31.1 Å². The van der Waals surface area contributed by atoms with Crippen molar-refractivity contribution >= 4 is 15.9 Å². The number of nitrogens with zero attached hydrogens (tertiary/aromatic N) is 1. The number of benzene rings is 1. The highest BCUT2D eigenvalue weighted by molar-refractivity contribution is 7.89. The van der Waals surface area contributed by atoms with E-state index in [1.54, 1.807) is 23.4 Å². The van der Waals surface area contributed by atoms with Gasteiger partial charge in [0.15, 0.2) is 0 Å². The van der Waals surface area contributed by atoms with Gasteiger partial charge in [0.1, 0.15) is 0 Å². The number of nitrogens with one attached hydrogen (secondary N) is 2. The van der Waals surface area contributed by atoms with Crippen molar-refractivity contribution in [2.24, 2.45) is 0 Å². The van der Waals surface area contributed by atoms with Crippen LogP contribution >= 0.6 is 0 Å². The summed E-state index contributed by atoms with van der Waals surface area (Å²) in [5.41, 5.74) is 1.11. The zero-order valence-corrected chi connectivity index (χ0v) is 16.4. The summed E-state index contributed by atoms with van der Waals surface area (Å²) < 4.78 is 27.5. The second-order valence-electron chi connectivity index (χ2n) is 7.41. The summed E-state index contributed by atoms with van der Waals surface area (Å²) in [4.78, 5) is 14.2. The second-order valence-corrected chi connectivity index (χ2v) is 9.31. The first-order valence-corrected chi connectivity index (χ1v) is 11.1. The topological polar surface area (TPSA) is 70.9 Å². The Hall–Kier alpha value is -1.44. The number of amides is 1. The standard InChI is InChI=1S/C19H29N3O3S/c1-16-7-8-17(19(23)20-9-14-21-10-5-6-11-21)15-18(16)26(24,25)22-12-3-2-4-13-22/h7-8,15H,2-6,9-14H2,1H3,(H,20,23)/p+1. The molecule has 2 aliphatic heterocycles. The van der Waals surface area contributed by atoms with Crippen molar-refractivity contribution in [1.82, 2.24) is 9.62 Å². The Morgan fingerprint density at radius 2 is 1.81 bits per heavy atom. The van der Waals surface area contributed by atoms with Crippen molar-refractivity contribution in [2.45, 2.75) is 43.9 Å². The maximum atomic E-state index is 13.0. The van der Waals surface area contributed by atoms with E-state index >= 15 is 0 Å². The molecule has 3 rings (SSSR count). The molecule has 144 valence electrons. The molecule has 0 unspecified atom stereocenters. The molecule has 0 radical (unpaired) electrons. The van der Waals surface area contributed by atoms with E-state index in [9.17, 15) is 13.2 Å². The SMILES string of the molecule is Cc1ccc(C(=O)NCC[NH+]2CCCC2)cc1S(=O)(=O)N1CCCCC1. The number of piperidine rings is 1. The number of carbonyl (C=O) groups excluding carboxylic acids is 1. The van der Waals surface area contributed by atoms with Crippen molar-refractivity contribution in [3.8, 4) is 0 Å². The van der Waals surface area contributed by atoms with Gasteiger partial charge in [-0.25, -0.2) is 8.42 Å². The molecule has 1 aromatic carbocycles. The van der Waals surface area contributed by atoms with Gasteiger partial charge in [0.25, 0.3) is 5.91 Å². The van der Waals surface area contributed by atoms with Gasteiger partial charge < -0.3 is 10.2 Å². The average molecular weight is 381 g/mol. The number of hydrogen-bond donors (Lipinski definition) is 2. The largest absolute Gasteiger partial charge is 0.346 e. The van der Waals surface area contributed by atoms with Crippen LogP contribution in [0.3, 0.4) is 0 Å². The van der Waals surface area contributed by atoms with Gasteiger partial charge in [-0.15, -0.1) is 0 Å². The third-order valence-corrected chi connectivity index (χ3v) is 7.50. The Bertz CT molecular complexity index is 736. The van der Waals surface area contributed by atoms with Crippen LogP contribution in [-0.2, 0) is 10.0 Å². The van der Waals surface area contributed by atoms with Gasteiger partial charge in [0, 0.05) is 31.5 Å². The predicted molar refractivity (Wildman–Crippen MR) is 101 cm³/mol. The fraction of sp³-hybridized carbons (Fsp3) is 0.632. The number of rotatable bonds is 6. The smallest absolute Gasteiger partial charge is 0.251 e. The number of likely N-dealkylation sites (tertiary alicyclic amines) is 1. The molecule has 6 nitrogen and oxygen atoms in total. The van der Waals surface area contributed by atoms with E-state index in [1.807, 2.05) is 0 Å². The highest BCUT2D eigenvalue weighted by Crippen LogP contribution is 2.24. The van der Waals surface area contributed by atoms with Crippen LogP contribution in [0.1, 0.15) is 48.0 Å². The first-order chi connectivity index (χ1) is 12.5. The highest BCUT2D eigenvalue weighted by atomic mass is 32.2. The average Bonchev–Trinajstić information content (AvgIpc) is 3.16. The normalized spacial score (nSPS) is 19.6. The van der Waals surface area contributed by atoms with E-state index in [0.29, 0.717) is 30.8 Å². The van der Waals surface area contributed by atoms with Crippen LogP contribution in [0.25, 0.3) is 0 Å². The van der Waals surface area contributed by atoms with Crippen molar-refractivity contribution in [3.05, 3.63) is 29.3 Å². The van der Waals surface area contributed by atoms with Crippen molar-refractivity contribution in [3.63, 3.8) is 0 Å². The first kappa shape index (κ1) is 19.3. The summed E-state index contributed by atoms with van der Waals surface area (Å²) in [6.07, 6.45) is 5.40. The van der Waals surface area contributed by atoms with Gasteiger partial charge in [-0.1, -0.05) is 12.5 Å². The van der Waals surface area contributed by atoms with Gasteiger partial charge in [0.2, 0.25) is 10.0 Å². The number of quaternary nitrogens is 1. The molecule has 2 N–H and O–H groups in total. The molecule has 7 heteroatoms. The fourth-order valence-corrected chi connectivity index (χ4v) is 5.61. The first-order valence-electron chi connectivity index (χ1n) is 9.71. The van der Waals surface area contributed by atoms with Gasteiger partial charge in [-0.3, -0.25) is 4.79 Å². The molecule has 2 heterocycles. The molecule has 2 aliphatic rings. The quantitative estimate of drug-likeness (QED) is 0.758. The Morgan fingerprint density at radius 1 is 1.12 bits per heavy atom. The third kappa shape index (κ3) is 4.45. The number of aryl methyl sites for hydroxylation is 1. The summed E-state index contributed by atoms with van der Waals surface area (Å²) in [6.45, 7) is 6.83. The van der Waals surface area contributed by atoms with E-state index in [0.717, 1.165) is 25.8 Å². The summed E-state index contributed by atoms with van der Waals surface area (Å²) in [6, 6.07) is 4.98. The Kier molecular flexibility index (Phi) is 6.32. The van der Waals surface area contributed by atoms with E-state index in [1.165, 1.54) is 36.9 Å². The minimum atomic E-state index is -3.53. The van der Waals surface area contributed by atoms with Crippen molar-refractivity contribution in [1.29, 1.82) is 0 Å². The molecule has 0 saturated carbocycles. The Labute approximate surface area is 156 Å². The number of sulfonamides is 1. The van der Waals surface area contributed by atoms with Crippen LogP contribution < -0.4 is 10.2 Å². The molecular weight excluding hydrogens is 350 g/mol. The lowest BCUT2D eigenvalue weighted by molar-refractivity contribution is -0.886. The molecule has 26 heavy (non-hydrogen) atoms. The predicted octanol–water partition coefficient (Wildman–Crippen LogP) is 0.578. The summed E-state index contributed by atoms with van der Waals surface area (Å²) in [5.74, 6) is -0.196. The molecule has 0 aromatic heterocycles. The second kappa shape index (κ2) is 8.50. The molecular formula is C19H30N3O3S+. The lowest BCUT2D eigenvalue weighted by atomic mass is 10.1. The minimum Gasteiger partial charge on any atom is -0.346 e. The maximum Gasteiger partial charge on any atom is 0.251 e. The zero-order chi connectivity index (χ0) is 18.6. The monoisotopic (exact) mass is 380 g/mol. The Balaban J connectivity index is 1.69. The molecule has 0 aliphatic carbocycles. The van der Waals surface area contributed by atoms with Crippen molar-refractivity contribution < 1.29 is 18.1 Å². The van der Waals surface area contributed by atoms with E-state index in [2.05, 4.69) is 5.32 Å². The molecule has 1 amide bonds. The summed E-state index contributed by atoms with van der Waals surface area (Å²) >= 11 is 0. The highest BCUT2D eigenvalue weighted by Gasteiger charge is 2.28. The van der Waals surface area contributed by atoms with Crippen LogP contribution in [0.2, 0.25) is 0 Å². The van der Waals surface area contributed by atoms with E-state index < -0.39 is 10.0 Å². The van der Waals surface area contributed by atoms with Crippen molar-refractivity contribution in [2.75, 3.05) is 39.3 Å². The molecule has 0 atom stereocenters. The van der Waals surface area contributed by atoms with Gasteiger partial charge in [-0.05, 0) is 37.5 Å². The lowest BCUT2D eigenvalue weighted by Crippen LogP contribution is -3.10. The summed E-state index contributed by atoms with van der Waals surface area (Å²) in [7, 11) is -3.53. The molecule has 0 bridgehead atoms. The third-order valence-electron chi connectivity index (χ3n) is 5.46. The van der Waals surface area contributed by atoms with E-state index in [4.69, 9.17) is 0 Å². The molecule has 2 fully saturated rings. The van der Waals surface area contributed by atoms with Gasteiger partial charge >= 0.3 is 0 Å². The number of hydrogen-bond acceptors (Lipinski definition) is 3. The number of carbonyl (C=O) groups is 1. The molecule has 1 aromatic rings. The van der Waals surface area contributed by atoms with Crippen LogP contribution in [-0.4, -0.2) is 57.9 Å². The van der Waals surface area contributed by atoms with E-state index in [-0.39, 0.29) is 10.8 Å². The fourth-order valence-electron chi connectivity index (χ4n) is 3.84. The Morgan fingerprint density at radius 3 is 2.50 bits per heavy atom. The minimum absolute atomic E-state index is 0.196. The zero-order valence-electron chi connectivity index (χ0n) is 15.6. The molecule has 0 spiro atoms. The summed E-state index contributed by atoms with van der Waals surface area (Å²) in [5, 5.41) is 2.94. The van der Waals surface area contributed by atoms with Crippen LogP contribution in [0, 0.1) is 6.92 Å². The van der Waals surface area contributed by atoms with Crippen LogP contribution in [0.15, 0.2) is 23.1 Å². The molecule has 2 saturated heterocycles. The lowest BCUT2D eigenvalue weighted by Gasteiger charge is -2.26. The van der Waals surface area contributed by atoms with Crippen LogP contribution in [0.4, 0.5) is 0 Å².